The van der Waals surface area contributed by atoms with Gasteiger partial charge in [-0.2, -0.15) is 5.10 Å². The maximum atomic E-state index is 5.63. The van der Waals surface area contributed by atoms with Gasteiger partial charge in [0, 0.05) is 32.4 Å². The Balaban J connectivity index is 1.90. The molecular weight excluding hydrogens is 278 g/mol. The summed E-state index contributed by atoms with van der Waals surface area (Å²) in [4.78, 5) is 4.23. The first-order chi connectivity index (χ1) is 10.7. The van der Waals surface area contributed by atoms with Crippen LogP contribution in [0.5, 0.6) is 5.75 Å². The van der Waals surface area contributed by atoms with E-state index in [-0.39, 0.29) is 0 Å². The average Bonchev–Trinajstić information content (AvgIpc) is 2.94. The maximum Gasteiger partial charge on any atom is 0.191 e. The molecule has 118 valence electrons. The van der Waals surface area contributed by atoms with Gasteiger partial charge >= 0.3 is 0 Å². The second kappa shape index (κ2) is 8.07. The van der Waals surface area contributed by atoms with Crippen LogP contribution in [0.25, 0.3) is 0 Å². The van der Waals surface area contributed by atoms with Crippen molar-refractivity contribution in [2.45, 2.75) is 20.0 Å². The molecule has 0 unspecified atom stereocenters. The minimum absolute atomic E-state index is 0.654. The minimum atomic E-state index is 0.654. The molecule has 1 aromatic heterocycles. The Labute approximate surface area is 131 Å². The van der Waals surface area contributed by atoms with E-state index in [1.807, 2.05) is 49.0 Å². The summed E-state index contributed by atoms with van der Waals surface area (Å²) < 4.78 is 7.46. The van der Waals surface area contributed by atoms with Gasteiger partial charge in [-0.3, -0.25) is 9.67 Å². The first-order valence-corrected chi connectivity index (χ1v) is 7.36. The van der Waals surface area contributed by atoms with Crippen molar-refractivity contribution in [2.24, 2.45) is 12.0 Å². The number of nitrogens with zero attached hydrogens (tertiary/aromatic N) is 3. The number of aryl methyl sites for hydroxylation is 1. The lowest BCUT2D eigenvalue weighted by atomic mass is 10.2. The molecule has 1 aromatic carbocycles. The van der Waals surface area contributed by atoms with Crippen molar-refractivity contribution < 1.29 is 4.74 Å². The van der Waals surface area contributed by atoms with Crippen LogP contribution in [0.3, 0.4) is 0 Å². The molecule has 0 radical (unpaired) electrons. The van der Waals surface area contributed by atoms with E-state index in [1.54, 1.807) is 13.2 Å². The zero-order valence-electron chi connectivity index (χ0n) is 13.3. The molecule has 6 nitrogen and oxygen atoms in total. The van der Waals surface area contributed by atoms with Gasteiger partial charge in [0.25, 0.3) is 0 Å². The van der Waals surface area contributed by atoms with Crippen LogP contribution in [0.15, 0.2) is 41.5 Å². The fraction of sp³-hybridized carbons (Fsp3) is 0.375. The van der Waals surface area contributed by atoms with E-state index in [9.17, 15) is 0 Å². The lowest BCUT2D eigenvalue weighted by Gasteiger charge is -2.14. The number of benzene rings is 1. The number of hydrogen-bond acceptors (Lipinski definition) is 3. The van der Waals surface area contributed by atoms with Gasteiger partial charge in [0.2, 0.25) is 0 Å². The monoisotopic (exact) mass is 301 g/mol. The Morgan fingerprint density at radius 3 is 2.68 bits per heavy atom. The number of ether oxygens (including phenoxy) is 1. The van der Waals surface area contributed by atoms with Crippen LogP contribution in [-0.4, -0.2) is 29.4 Å². The summed E-state index contributed by atoms with van der Waals surface area (Å²) in [6.45, 7) is 3.97. The Kier molecular flexibility index (Phi) is 5.82. The average molecular weight is 301 g/mol. The molecule has 0 bridgehead atoms. The molecular formula is C16H23N5O. The lowest BCUT2D eigenvalue weighted by Crippen LogP contribution is -2.36. The molecule has 1 heterocycles. The van der Waals surface area contributed by atoms with E-state index in [2.05, 4.69) is 20.7 Å². The zero-order valence-corrected chi connectivity index (χ0v) is 13.3. The van der Waals surface area contributed by atoms with E-state index in [0.29, 0.717) is 19.7 Å². The number of guanidine groups is 1. The molecule has 0 fully saturated rings. The largest absolute Gasteiger partial charge is 0.494 e. The third-order valence-electron chi connectivity index (χ3n) is 3.30. The van der Waals surface area contributed by atoms with E-state index in [0.717, 1.165) is 23.0 Å². The predicted molar refractivity (Wildman–Crippen MR) is 87.9 cm³/mol. The van der Waals surface area contributed by atoms with Crippen LogP contribution in [0.4, 0.5) is 0 Å². The van der Waals surface area contributed by atoms with Gasteiger partial charge in [0.05, 0.1) is 18.8 Å². The number of nitrogens with one attached hydrogen (secondary N) is 2. The smallest absolute Gasteiger partial charge is 0.191 e. The van der Waals surface area contributed by atoms with E-state index in [4.69, 9.17) is 4.74 Å². The van der Waals surface area contributed by atoms with Gasteiger partial charge in [0.15, 0.2) is 5.96 Å². The molecule has 0 aliphatic rings. The Morgan fingerprint density at radius 1 is 1.23 bits per heavy atom. The molecule has 0 saturated carbocycles. The number of hydrogen-bond donors (Lipinski definition) is 2. The maximum absolute atomic E-state index is 5.63. The van der Waals surface area contributed by atoms with Crippen molar-refractivity contribution in [2.75, 3.05) is 13.7 Å². The normalized spacial score (nSPS) is 11.3. The lowest BCUT2D eigenvalue weighted by molar-refractivity contribution is 0.336. The SMILES string of the molecule is CCOc1ccccc1CNC(=NC)NCc1ccnn1C. The molecule has 0 atom stereocenters. The highest BCUT2D eigenvalue weighted by molar-refractivity contribution is 5.79. The van der Waals surface area contributed by atoms with Crippen molar-refractivity contribution in [1.29, 1.82) is 0 Å². The van der Waals surface area contributed by atoms with Crippen LogP contribution >= 0.6 is 0 Å². The summed E-state index contributed by atoms with van der Waals surface area (Å²) in [5, 5.41) is 10.7. The molecule has 0 aliphatic heterocycles. The van der Waals surface area contributed by atoms with Crippen LogP contribution < -0.4 is 15.4 Å². The second-order valence-electron chi connectivity index (χ2n) is 4.77. The molecule has 0 saturated heterocycles. The van der Waals surface area contributed by atoms with Gasteiger partial charge in [0.1, 0.15) is 5.75 Å². The third-order valence-corrected chi connectivity index (χ3v) is 3.30. The number of aliphatic imine (C=N–C) groups is 1. The van der Waals surface area contributed by atoms with Gasteiger partial charge < -0.3 is 15.4 Å². The van der Waals surface area contributed by atoms with Gasteiger partial charge in [-0.25, -0.2) is 0 Å². The number of para-hydroxylation sites is 1. The van der Waals surface area contributed by atoms with Gasteiger partial charge in [-0.1, -0.05) is 18.2 Å². The summed E-state index contributed by atoms with van der Waals surface area (Å²) in [5.74, 6) is 1.65. The summed E-state index contributed by atoms with van der Waals surface area (Å²) in [5.41, 5.74) is 2.20. The fourth-order valence-corrected chi connectivity index (χ4v) is 2.09. The molecule has 6 heteroatoms. The molecule has 2 aromatic rings. The van der Waals surface area contributed by atoms with Crippen molar-refractivity contribution in [3.63, 3.8) is 0 Å². The summed E-state index contributed by atoms with van der Waals surface area (Å²) in [6, 6.07) is 9.98. The highest BCUT2D eigenvalue weighted by atomic mass is 16.5. The molecule has 2 N–H and O–H groups in total. The fourth-order valence-electron chi connectivity index (χ4n) is 2.09. The molecule has 0 amide bonds. The molecule has 0 aliphatic carbocycles. The van der Waals surface area contributed by atoms with Crippen LogP contribution in [0.1, 0.15) is 18.2 Å². The standard InChI is InChI=1S/C16H23N5O/c1-4-22-15-8-6-5-7-13(15)11-18-16(17-2)19-12-14-9-10-20-21(14)3/h5-10H,4,11-12H2,1-3H3,(H2,17,18,19). The summed E-state index contributed by atoms with van der Waals surface area (Å²) in [7, 11) is 3.68. The summed E-state index contributed by atoms with van der Waals surface area (Å²) >= 11 is 0. The topological polar surface area (TPSA) is 63.5 Å². The Bertz CT molecular complexity index is 621. The third kappa shape index (κ3) is 4.25. The van der Waals surface area contributed by atoms with Crippen LogP contribution in [-0.2, 0) is 20.1 Å². The van der Waals surface area contributed by atoms with Crippen molar-refractivity contribution in [3.8, 4) is 5.75 Å². The highest BCUT2D eigenvalue weighted by Gasteiger charge is 2.05. The first kappa shape index (κ1) is 15.9. The van der Waals surface area contributed by atoms with Crippen LogP contribution in [0, 0.1) is 0 Å². The predicted octanol–water partition coefficient (Wildman–Crippen LogP) is 1.68. The first-order valence-electron chi connectivity index (χ1n) is 7.36. The number of aromatic nitrogens is 2. The second-order valence-corrected chi connectivity index (χ2v) is 4.77. The summed E-state index contributed by atoms with van der Waals surface area (Å²) in [6.07, 6.45) is 1.78. The molecule has 22 heavy (non-hydrogen) atoms. The van der Waals surface area contributed by atoms with E-state index < -0.39 is 0 Å². The molecule has 2 rings (SSSR count). The van der Waals surface area contributed by atoms with Crippen molar-refractivity contribution >= 4 is 5.96 Å². The van der Waals surface area contributed by atoms with Crippen molar-refractivity contribution in [3.05, 3.63) is 47.8 Å². The van der Waals surface area contributed by atoms with Crippen LogP contribution in [0.2, 0.25) is 0 Å². The number of rotatable bonds is 6. The van der Waals surface area contributed by atoms with E-state index in [1.165, 1.54) is 0 Å². The minimum Gasteiger partial charge on any atom is -0.494 e. The van der Waals surface area contributed by atoms with E-state index >= 15 is 0 Å². The quantitative estimate of drug-likeness (QED) is 0.629. The Morgan fingerprint density at radius 2 is 2.00 bits per heavy atom. The van der Waals surface area contributed by atoms with Gasteiger partial charge in [-0.15, -0.1) is 0 Å². The highest BCUT2D eigenvalue weighted by Crippen LogP contribution is 2.17. The Hall–Kier alpha value is -2.50. The zero-order chi connectivity index (χ0) is 15.8. The van der Waals surface area contributed by atoms with Crippen molar-refractivity contribution in [1.82, 2.24) is 20.4 Å². The molecule has 0 spiro atoms. The van der Waals surface area contributed by atoms with Gasteiger partial charge in [-0.05, 0) is 19.1 Å².